The van der Waals surface area contributed by atoms with Crippen molar-refractivity contribution in [1.82, 2.24) is 19.5 Å². The first kappa shape index (κ1) is 19.2. The molecule has 4 heterocycles. The van der Waals surface area contributed by atoms with Gasteiger partial charge in [-0.2, -0.15) is 0 Å². The lowest BCUT2D eigenvalue weighted by Crippen LogP contribution is -2.25. The molecule has 0 radical (unpaired) electrons. The highest BCUT2D eigenvalue weighted by molar-refractivity contribution is 9.10. The van der Waals surface area contributed by atoms with Gasteiger partial charge in [-0.05, 0) is 60.3 Å². The standard InChI is InChI=1S/C20H21BrN4O3/c1-13(12-28-17-4-2-3-9-27-17)25-8-7-14-10-23-19(24-20(14)25)18(26)16-6-5-15(21)11-22-16/h5-8,10-11,13,17H,2-4,9,12H2,1H3/t13-,17?/m1/s1. The minimum Gasteiger partial charge on any atom is -0.353 e. The second-order valence-electron chi connectivity index (χ2n) is 6.86. The van der Waals surface area contributed by atoms with Crippen molar-refractivity contribution in [2.45, 2.75) is 38.5 Å². The molecular formula is C20H21BrN4O3. The Morgan fingerprint density at radius 2 is 2.21 bits per heavy atom. The lowest BCUT2D eigenvalue weighted by Gasteiger charge is -2.24. The molecule has 1 saturated heterocycles. The fourth-order valence-corrected chi connectivity index (χ4v) is 3.43. The van der Waals surface area contributed by atoms with Crippen LogP contribution in [0.15, 0.2) is 41.3 Å². The summed E-state index contributed by atoms with van der Waals surface area (Å²) in [4.78, 5) is 25.6. The van der Waals surface area contributed by atoms with Crippen LogP contribution >= 0.6 is 15.9 Å². The predicted octanol–water partition coefficient (Wildman–Crippen LogP) is 3.92. The number of hydrogen-bond donors (Lipinski definition) is 0. The number of rotatable bonds is 6. The van der Waals surface area contributed by atoms with E-state index >= 15 is 0 Å². The average molecular weight is 445 g/mol. The van der Waals surface area contributed by atoms with Gasteiger partial charge >= 0.3 is 0 Å². The predicted molar refractivity (Wildman–Crippen MR) is 107 cm³/mol. The Balaban J connectivity index is 1.53. The van der Waals surface area contributed by atoms with Gasteiger partial charge in [0.05, 0.1) is 12.6 Å². The molecule has 1 aliphatic heterocycles. The summed E-state index contributed by atoms with van der Waals surface area (Å²) < 4.78 is 14.4. The number of pyridine rings is 1. The van der Waals surface area contributed by atoms with Gasteiger partial charge in [0.25, 0.3) is 0 Å². The van der Waals surface area contributed by atoms with E-state index in [-0.39, 0.29) is 23.9 Å². The monoisotopic (exact) mass is 444 g/mol. The van der Waals surface area contributed by atoms with Crippen molar-refractivity contribution in [2.24, 2.45) is 0 Å². The van der Waals surface area contributed by atoms with E-state index in [1.54, 1.807) is 24.5 Å². The smallest absolute Gasteiger partial charge is 0.248 e. The fraction of sp³-hybridized carbons (Fsp3) is 0.400. The molecular weight excluding hydrogens is 424 g/mol. The van der Waals surface area contributed by atoms with E-state index in [9.17, 15) is 4.79 Å². The van der Waals surface area contributed by atoms with Gasteiger partial charge in [-0.3, -0.25) is 9.78 Å². The number of aromatic nitrogens is 4. The first-order valence-corrected chi connectivity index (χ1v) is 10.1. The molecule has 0 saturated carbocycles. The summed E-state index contributed by atoms with van der Waals surface area (Å²) in [6.07, 6.45) is 8.23. The van der Waals surface area contributed by atoms with Crippen LogP contribution in [0.25, 0.3) is 11.0 Å². The third kappa shape index (κ3) is 4.14. The quantitative estimate of drug-likeness (QED) is 0.535. The summed E-state index contributed by atoms with van der Waals surface area (Å²) >= 11 is 3.32. The molecule has 1 aliphatic rings. The molecule has 28 heavy (non-hydrogen) atoms. The largest absolute Gasteiger partial charge is 0.353 e. The van der Waals surface area contributed by atoms with Crippen molar-refractivity contribution in [3.63, 3.8) is 0 Å². The molecule has 7 nitrogen and oxygen atoms in total. The van der Waals surface area contributed by atoms with Crippen LogP contribution in [0.1, 0.15) is 48.5 Å². The molecule has 3 aromatic heterocycles. The molecule has 1 fully saturated rings. The van der Waals surface area contributed by atoms with Gasteiger partial charge in [0.1, 0.15) is 11.3 Å². The lowest BCUT2D eigenvalue weighted by molar-refractivity contribution is -0.166. The Bertz CT molecular complexity index is 967. The minimum atomic E-state index is -0.304. The minimum absolute atomic E-state index is 0.0479. The van der Waals surface area contributed by atoms with E-state index < -0.39 is 0 Å². The van der Waals surface area contributed by atoms with Crippen LogP contribution < -0.4 is 0 Å². The normalized spacial score (nSPS) is 18.3. The molecule has 0 bridgehead atoms. The third-order valence-electron chi connectivity index (χ3n) is 4.75. The number of halogens is 1. The summed E-state index contributed by atoms with van der Waals surface area (Å²) in [7, 11) is 0. The molecule has 146 valence electrons. The van der Waals surface area contributed by atoms with Crippen molar-refractivity contribution in [3.05, 3.63) is 52.8 Å². The Hall–Kier alpha value is -2.16. The van der Waals surface area contributed by atoms with Gasteiger partial charge in [-0.25, -0.2) is 9.97 Å². The van der Waals surface area contributed by atoms with Crippen molar-refractivity contribution in [1.29, 1.82) is 0 Å². The zero-order valence-corrected chi connectivity index (χ0v) is 17.1. The molecule has 0 aromatic carbocycles. The number of fused-ring (bicyclic) bond motifs is 1. The van der Waals surface area contributed by atoms with Crippen molar-refractivity contribution in [3.8, 4) is 0 Å². The Morgan fingerprint density at radius 1 is 1.32 bits per heavy atom. The van der Waals surface area contributed by atoms with Gasteiger partial charge in [0, 0.05) is 35.1 Å². The molecule has 1 unspecified atom stereocenters. The zero-order valence-electron chi connectivity index (χ0n) is 15.5. The lowest BCUT2D eigenvalue weighted by atomic mass is 10.2. The average Bonchev–Trinajstić information content (AvgIpc) is 3.16. The maximum Gasteiger partial charge on any atom is 0.248 e. The highest BCUT2D eigenvalue weighted by Crippen LogP contribution is 2.21. The van der Waals surface area contributed by atoms with E-state index in [0.29, 0.717) is 17.9 Å². The number of carbonyl (C=O) groups excluding carboxylic acids is 1. The van der Waals surface area contributed by atoms with E-state index in [0.717, 1.165) is 35.7 Å². The Labute approximate surface area is 171 Å². The molecule has 4 rings (SSSR count). The molecule has 0 N–H and O–H groups in total. The molecule has 3 aromatic rings. The number of ether oxygens (including phenoxy) is 2. The number of hydrogen-bond acceptors (Lipinski definition) is 6. The van der Waals surface area contributed by atoms with Gasteiger partial charge < -0.3 is 14.0 Å². The third-order valence-corrected chi connectivity index (χ3v) is 5.22. The Kier molecular flexibility index (Phi) is 5.79. The molecule has 2 atom stereocenters. The zero-order chi connectivity index (χ0) is 19.5. The number of ketones is 1. The summed E-state index contributed by atoms with van der Waals surface area (Å²) in [5.41, 5.74) is 1.02. The summed E-state index contributed by atoms with van der Waals surface area (Å²) in [6, 6.07) is 5.41. The summed E-state index contributed by atoms with van der Waals surface area (Å²) in [5, 5.41) is 0.876. The van der Waals surface area contributed by atoms with E-state index in [1.807, 2.05) is 16.8 Å². The van der Waals surface area contributed by atoms with Crippen LogP contribution in [0.2, 0.25) is 0 Å². The van der Waals surface area contributed by atoms with Crippen LogP contribution in [0, 0.1) is 0 Å². The molecule has 0 spiro atoms. The summed E-state index contributed by atoms with van der Waals surface area (Å²) in [5.74, 6) is -0.173. The van der Waals surface area contributed by atoms with Crippen LogP contribution in [0.5, 0.6) is 0 Å². The highest BCUT2D eigenvalue weighted by Gasteiger charge is 2.19. The van der Waals surface area contributed by atoms with Crippen LogP contribution in [0.4, 0.5) is 0 Å². The van der Waals surface area contributed by atoms with Crippen LogP contribution in [0.3, 0.4) is 0 Å². The van der Waals surface area contributed by atoms with E-state index in [2.05, 4.69) is 37.8 Å². The highest BCUT2D eigenvalue weighted by atomic mass is 79.9. The topological polar surface area (TPSA) is 79.1 Å². The Morgan fingerprint density at radius 3 is 2.96 bits per heavy atom. The van der Waals surface area contributed by atoms with Crippen LogP contribution in [-0.4, -0.2) is 44.8 Å². The van der Waals surface area contributed by atoms with Gasteiger partial charge in [0.15, 0.2) is 6.29 Å². The fourth-order valence-electron chi connectivity index (χ4n) is 3.20. The van der Waals surface area contributed by atoms with Crippen molar-refractivity contribution >= 4 is 32.7 Å². The molecule has 0 amide bonds. The van der Waals surface area contributed by atoms with Gasteiger partial charge in [-0.1, -0.05) is 0 Å². The first-order chi connectivity index (χ1) is 13.6. The van der Waals surface area contributed by atoms with E-state index in [4.69, 9.17) is 9.47 Å². The van der Waals surface area contributed by atoms with Crippen molar-refractivity contribution in [2.75, 3.05) is 13.2 Å². The van der Waals surface area contributed by atoms with Gasteiger partial charge in [-0.15, -0.1) is 0 Å². The molecule has 8 heteroatoms. The van der Waals surface area contributed by atoms with E-state index in [1.165, 1.54) is 0 Å². The van der Waals surface area contributed by atoms with Crippen molar-refractivity contribution < 1.29 is 14.3 Å². The van der Waals surface area contributed by atoms with Gasteiger partial charge in [0.2, 0.25) is 11.6 Å². The van der Waals surface area contributed by atoms with Crippen LogP contribution in [-0.2, 0) is 9.47 Å². The second kappa shape index (κ2) is 8.46. The summed E-state index contributed by atoms with van der Waals surface area (Å²) in [6.45, 7) is 3.33. The first-order valence-electron chi connectivity index (χ1n) is 9.35. The second-order valence-corrected chi connectivity index (χ2v) is 7.78. The SMILES string of the molecule is C[C@H](COC1CCCCO1)n1ccc2cnc(C(=O)c3ccc(Br)cn3)nc21. The maximum atomic E-state index is 12.7. The number of carbonyl (C=O) groups is 1. The molecule has 0 aliphatic carbocycles. The maximum absolute atomic E-state index is 12.7. The number of nitrogens with zero attached hydrogens (tertiary/aromatic N) is 4.